The van der Waals surface area contributed by atoms with Gasteiger partial charge < -0.3 is 9.47 Å². The molecule has 0 aromatic heterocycles. The Hall–Kier alpha value is -2.73. The summed E-state index contributed by atoms with van der Waals surface area (Å²) >= 11 is 0.903. The van der Waals surface area contributed by atoms with Crippen molar-refractivity contribution in [3.8, 4) is 11.5 Å². The Morgan fingerprint density at radius 2 is 1.54 bits per heavy atom. The fraction of sp³-hybridized carbons (Fsp3) is 0.200. The van der Waals surface area contributed by atoms with Gasteiger partial charge in [0.05, 0.1) is 4.91 Å². The molecule has 1 N–H and O–H groups in total. The minimum absolute atomic E-state index is 0.343. The number of aryl methyl sites for hydroxylation is 2. The van der Waals surface area contributed by atoms with Crippen LogP contribution < -0.4 is 14.8 Å². The van der Waals surface area contributed by atoms with Crippen molar-refractivity contribution in [2.24, 2.45) is 0 Å². The molecule has 2 amide bonds. The Bertz CT molecular complexity index is 838. The predicted octanol–water partition coefficient (Wildman–Crippen LogP) is 4.09. The quantitative estimate of drug-likeness (QED) is 0.614. The number of carbonyl (C=O) groups is 2. The van der Waals surface area contributed by atoms with Gasteiger partial charge in [-0.05, 0) is 72.6 Å². The molecule has 1 saturated heterocycles. The number of nitrogens with one attached hydrogen (secondary N) is 1. The first kappa shape index (κ1) is 18.1. The number of hydrogen-bond donors (Lipinski definition) is 1. The van der Waals surface area contributed by atoms with Crippen LogP contribution in [-0.2, 0) is 4.79 Å². The van der Waals surface area contributed by atoms with Gasteiger partial charge in [-0.2, -0.15) is 0 Å². The number of amides is 2. The van der Waals surface area contributed by atoms with E-state index in [4.69, 9.17) is 9.47 Å². The molecule has 1 aliphatic rings. The van der Waals surface area contributed by atoms with E-state index >= 15 is 0 Å². The zero-order valence-corrected chi connectivity index (χ0v) is 15.4. The summed E-state index contributed by atoms with van der Waals surface area (Å²) in [6.45, 7) is 4.96. The molecule has 1 fully saturated rings. The second-order valence-electron chi connectivity index (χ2n) is 5.94. The van der Waals surface area contributed by atoms with Crippen LogP contribution in [0.5, 0.6) is 11.5 Å². The monoisotopic (exact) mass is 369 g/mol. The van der Waals surface area contributed by atoms with Gasteiger partial charge in [-0.15, -0.1) is 0 Å². The number of rotatable bonds is 6. The van der Waals surface area contributed by atoms with Crippen LogP contribution in [0.15, 0.2) is 47.4 Å². The second kappa shape index (κ2) is 8.10. The Kier molecular flexibility index (Phi) is 5.63. The fourth-order valence-electron chi connectivity index (χ4n) is 2.57. The molecule has 134 valence electrons. The normalized spacial score (nSPS) is 15.2. The Labute approximate surface area is 156 Å². The first-order chi connectivity index (χ1) is 12.5. The largest absolute Gasteiger partial charge is 0.490 e. The van der Waals surface area contributed by atoms with E-state index in [1.165, 1.54) is 11.1 Å². The van der Waals surface area contributed by atoms with Crippen LogP contribution in [0.3, 0.4) is 0 Å². The van der Waals surface area contributed by atoms with Crippen molar-refractivity contribution in [3.05, 3.63) is 64.1 Å². The van der Waals surface area contributed by atoms with E-state index < -0.39 is 0 Å². The average molecular weight is 369 g/mol. The van der Waals surface area contributed by atoms with Crippen LogP contribution in [-0.4, -0.2) is 24.4 Å². The van der Waals surface area contributed by atoms with Crippen LogP contribution in [0.4, 0.5) is 4.79 Å². The maximum Gasteiger partial charge on any atom is 0.290 e. The van der Waals surface area contributed by atoms with E-state index in [0.29, 0.717) is 18.1 Å². The van der Waals surface area contributed by atoms with E-state index in [2.05, 4.69) is 11.4 Å². The third-order valence-electron chi connectivity index (χ3n) is 3.64. The molecular weight excluding hydrogens is 350 g/mol. The topological polar surface area (TPSA) is 64.6 Å². The number of thioether (sulfide) groups is 1. The lowest BCUT2D eigenvalue weighted by molar-refractivity contribution is -0.115. The zero-order chi connectivity index (χ0) is 18.5. The van der Waals surface area contributed by atoms with Crippen molar-refractivity contribution in [1.29, 1.82) is 0 Å². The molecule has 5 nitrogen and oxygen atoms in total. The van der Waals surface area contributed by atoms with E-state index in [0.717, 1.165) is 28.8 Å². The smallest absolute Gasteiger partial charge is 0.290 e. The van der Waals surface area contributed by atoms with Crippen LogP contribution in [0.2, 0.25) is 0 Å². The average Bonchev–Trinajstić information content (AvgIpc) is 2.89. The Morgan fingerprint density at radius 3 is 2.12 bits per heavy atom. The molecule has 0 unspecified atom stereocenters. The molecule has 0 saturated carbocycles. The second-order valence-corrected chi connectivity index (χ2v) is 6.96. The molecule has 2 aromatic carbocycles. The minimum atomic E-state index is -0.358. The van der Waals surface area contributed by atoms with Crippen molar-refractivity contribution in [2.45, 2.75) is 13.8 Å². The van der Waals surface area contributed by atoms with Crippen molar-refractivity contribution < 1.29 is 19.1 Å². The lowest BCUT2D eigenvalue weighted by atomic mass is 10.1. The molecule has 2 aromatic rings. The molecule has 1 aliphatic heterocycles. The van der Waals surface area contributed by atoms with Gasteiger partial charge in [0.15, 0.2) is 0 Å². The number of benzene rings is 2. The fourth-order valence-corrected chi connectivity index (χ4v) is 3.25. The van der Waals surface area contributed by atoms with Gasteiger partial charge in [-0.3, -0.25) is 14.9 Å². The van der Waals surface area contributed by atoms with Gasteiger partial charge in [0, 0.05) is 0 Å². The molecule has 0 bridgehead atoms. The highest BCUT2D eigenvalue weighted by atomic mass is 32.2. The minimum Gasteiger partial charge on any atom is -0.490 e. The molecular formula is C20H19NO4S. The van der Waals surface area contributed by atoms with Crippen molar-refractivity contribution in [3.63, 3.8) is 0 Å². The van der Waals surface area contributed by atoms with Crippen LogP contribution in [0.1, 0.15) is 16.7 Å². The predicted molar refractivity (Wildman–Crippen MR) is 102 cm³/mol. The summed E-state index contributed by atoms with van der Waals surface area (Å²) in [7, 11) is 0. The standard InChI is InChI=1S/C20H19NO4S/c1-13-9-14(2)11-17(10-13)25-8-7-24-16-5-3-15(4-6-16)12-18-19(22)21-20(23)26-18/h3-6,9-12H,7-8H2,1-2H3,(H,21,22,23). The first-order valence-corrected chi connectivity index (χ1v) is 9.00. The summed E-state index contributed by atoms with van der Waals surface area (Å²) in [4.78, 5) is 23.1. The molecule has 0 atom stereocenters. The van der Waals surface area contributed by atoms with Gasteiger partial charge in [-0.25, -0.2) is 0 Å². The third kappa shape index (κ3) is 4.89. The van der Waals surface area contributed by atoms with Gasteiger partial charge in [0.25, 0.3) is 11.1 Å². The summed E-state index contributed by atoms with van der Waals surface area (Å²) in [6, 6.07) is 13.4. The molecule has 0 spiro atoms. The number of hydrogen-bond acceptors (Lipinski definition) is 5. The van der Waals surface area contributed by atoms with Crippen molar-refractivity contribution in [1.82, 2.24) is 5.32 Å². The molecule has 3 rings (SSSR count). The SMILES string of the molecule is Cc1cc(C)cc(OCCOc2ccc(C=C3SC(=O)NC3=O)cc2)c1. The molecule has 26 heavy (non-hydrogen) atoms. The highest BCUT2D eigenvalue weighted by Crippen LogP contribution is 2.26. The van der Waals surface area contributed by atoms with Gasteiger partial charge in [0.1, 0.15) is 24.7 Å². The van der Waals surface area contributed by atoms with Gasteiger partial charge in [0.2, 0.25) is 0 Å². The van der Waals surface area contributed by atoms with Crippen LogP contribution in [0, 0.1) is 13.8 Å². The molecule has 0 aliphatic carbocycles. The summed E-state index contributed by atoms with van der Waals surface area (Å²) in [6.07, 6.45) is 1.68. The summed E-state index contributed by atoms with van der Waals surface area (Å²) in [5.74, 6) is 1.20. The number of imide groups is 1. The Morgan fingerprint density at radius 1 is 0.923 bits per heavy atom. The zero-order valence-electron chi connectivity index (χ0n) is 14.6. The highest BCUT2D eigenvalue weighted by Gasteiger charge is 2.24. The Balaban J connectivity index is 1.49. The summed E-state index contributed by atoms with van der Waals surface area (Å²) < 4.78 is 11.4. The lowest BCUT2D eigenvalue weighted by Gasteiger charge is -2.10. The lowest BCUT2D eigenvalue weighted by Crippen LogP contribution is -2.17. The number of carbonyl (C=O) groups excluding carboxylic acids is 2. The molecule has 0 radical (unpaired) electrons. The van der Waals surface area contributed by atoms with Crippen LogP contribution >= 0.6 is 11.8 Å². The molecule has 6 heteroatoms. The maximum atomic E-state index is 11.5. The molecule has 1 heterocycles. The van der Waals surface area contributed by atoms with E-state index in [1.54, 1.807) is 6.08 Å². The van der Waals surface area contributed by atoms with E-state index in [9.17, 15) is 9.59 Å². The maximum absolute atomic E-state index is 11.5. The van der Waals surface area contributed by atoms with Gasteiger partial charge >= 0.3 is 0 Å². The summed E-state index contributed by atoms with van der Waals surface area (Å²) in [5.41, 5.74) is 3.17. The first-order valence-electron chi connectivity index (χ1n) is 8.18. The third-order valence-corrected chi connectivity index (χ3v) is 4.45. The summed E-state index contributed by atoms with van der Waals surface area (Å²) in [5, 5.41) is 1.89. The van der Waals surface area contributed by atoms with Crippen LogP contribution in [0.25, 0.3) is 6.08 Å². The van der Waals surface area contributed by atoms with Gasteiger partial charge in [-0.1, -0.05) is 18.2 Å². The van der Waals surface area contributed by atoms with Crippen molar-refractivity contribution >= 4 is 29.0 Å². The van der Waals surface area contributed by atoms with E-state index in [1.807, 2.05) is 50.2 Å². The van der Waals surface area contributed by atoms with E-state index in [-0.39, 0.29) is 11.1 Å². The highest BCUT2D eigenvalue weighted by molar-refractivity contribution is 8.18. The number of ether oxygens (including phenoxy) is 2. The van der Waals surface area contributed by atoms with Crippen molar-refractivity contribution in [2.75, 3.05) is 13.2 Å².